The summed E-state index contributed by atoms with van der Waals surface area (Å²) in [7, 11) is 0. The lowest BCUT2D eigenvalue weighted by Crippen LogP contribution is -1.97. The Morgan fingerprint density at radius 1 is 1.28 bits per heavy atom. The monoisotopic (exact) mass is 302 g/mol. The molecule has 0 atom stereocenters. The molecule has 0 aliphatic carbocycles. The molecule has 0 spiro atoms. The van der Waals surface area contributed by atoms with Crippen molar-refractivity contribution in [2.24, 2.45) is 0 Å². The normalized spacial score (nSPS) is 10.3. The Morgan fingerprint density at radius 2 is 2.06 bits per heavy atom. The highest BCUT2D eigenvalue weighted by Gasteiger charge is 2.09. The predicted octanol–water partition coefficient (Wildman–Crippen LogP) is 4.58. The van der Waals surface area contributed by atoms with Gasteiger partial charge < -0.3 is 5.32 Å². The van der Waals surface area contributed by atoms with Crippen molar-refractivity contribution in [2.75, 3.05) is 5.32 Å². The van der Waals surface area contributed by atoms with Gasteiger partial charge in [-0.05, 0) is 24.3 Å². The Hall–Kier alpha value is -1.30. The largest absolute Gasteiger partial charge is 0.379 e. The summed E-state index contributed by atoms with van der Waals surface area (Å²) in [4.78, 5) is 11.0. The van der Waals surface area contributed by atoms with Gasteiger partial charge in [-0.25, -0.2) is 0 Å². The van der Waals surface area contributed by atoms with Gasteiger partial charge in [-0.3, -0.25) is 10.1 Å². The van der Waals surface area contributed by atoms with E-state index in [-0.39, 0.29) is 5.00 Å². The number of nitro groups is 1. The van der Waals surface area contributed by atoms with Gasteiger partial charge in [0.25, 0.3) is 0 Å². The molecule has 1 aromatic carbocycles. The van der Waals surface area contributed by atoms with E-state index in [1.807, 2.05) is 0 Å². The minimum absolute atomic E-state index is 0.133. The van der Waals surface area contributed by atoms with Gasteiger partial charge in [-0.1, -0.05) is 34.5 Å². The SMILES string of the molecule is O=[N+]([O-])c1ccc(CNc2ccc(Cl)cc2Cl)s1. The molecule has 0 saturated heterocycles. The molecule has 2 aromatic rings. The Bertz CT molecular complexity index is 586. The second-order valence-electron chi connectivity index (χ2n) is 3.47. The highest BCUT2D eigenvalue weighted by atomic mass is 35.5. The average Bonchev–Trinajstić information content (AvgIpc) is 2.76. The fraction of sp³-hybridized carbons (Fsp3) is 0.0909. The van der Waals surface area contributed by atoms with Crippen LogP contribution >= 0.6 is 34.5 Å². The maximum absolute atomic E-state index is 10.5. The minimum Gasteiger partial charge on any atom is -0.379 e. The first-order valence-electron chi connectivity index (χ1n) is 4.98. The summed E-state index contributed by atoms with van der Waals surface area (Å²) < 4.78 is 0. The van der Waals surface area contributed by atoms with E-state index in [4.69, 9.17) is 23.2 Å². The molecule has 1 aromatic heterocycles. The molecule has 1 N–H and O–H groups in total. The topological polar surface area (TPSA) is 55.2 Å². The molecule has 7 heteroatoms. The number of nitrogens with one attached hydrogen (secondary N) is 1. The first kappa shape index (κ1) is 13.1. The molecule has 0 fully saturated rings. The third-order valence-corrected chi connectivity index (χ3v) is 3.80. The zero-order chi connectivity index (χ0) is 13.1. The maximum atomic E-state index is 10.5. The Labute approximate surface area is 117 Å². The van der Waals surface area contributed by atoms with Crippen LogP contribution in [0.4, 0.5) is 10.7 Å². The molecule has 1 heterocycles. The molecule has 18 heavy (non-hydrogen) atoms. The molecule has 0 saturated carbocycles. The van der Waals surface area contributed by atoms with Gasteiger partial charge in [0.15, 0.2) is 0 Å². The number of benzene rings is 1. The third kappa shape index (κ3) is 3.13. The smallest absolute Gasteiger partial charge is 0.324 e. The second-order valence-corrected chi connectivity index (χ2v) is 5.47. The Morgan fingerprint density at radius 3 is 2.67 bits per heavy atom. The molecule has 4 nitrogen and oxygen atoms in total. The molecule has 0 bridgehead atoms. The van der Waals surface area contributed by atoms with E-state index in [0.29, 0.717) is 16.6 Å². The summed E-state index contributed by atoms with van der Waals surface area (Å²) in [6.07, 6.45) is 0. The van der Waals surface area contributed by atoms with Crippen LogP contribution in [-0.4, -0.2) is 4.92 Å². The molecule has 0 unspecified atom stereocenters. The van der Waals surface area contributed by atoms with Crippen molar-refractivity contribution >= 4 is 45.2 Å². The van der Waals surface area contributed by atoms with Crippen LogP contribution in [0.25, 0.3) is 0 Å². The van der Waals surface area contributed by atoms with Gasteiger partial charge in [0, 0.05) is 22.5 Å². The lowest BCUT2D eigenvalue weighted by atomic mass is 10.3. The molecule has 2 rings (SSSR count). The minimum atomic E-state index is -0.399. The van der Waals surface area contributed by atoms with Crippen molar-refractivity contribution in [2.45, 2.75) is 6.54 Å². The molecular weight excluding hydrogens is 295 g/mol. The second kappa shape index (κ2) is 5.56. The Kier molecular flexibility index (Phi) is 4.06. The van der Waals surface area contributed by atoms with Crippen LogP contribution < -0.4 is 5.32 Å². The lowest BCUT2D eigenvalue weighted by Gasteiger charge is -2.06. The molecule has 94 valence electrons. The number of rotatable bonds is 4. The summed E-state index contributed by atoms with van der Waals surface area (Å²) in [6, 6.07) is 8.35. The van der Waals surface area contributed by atoms with Crippen molar-refractivity contribution in [3.63, 3.8) is 0 Å². The molecule has 0 amide bonds. The standard InChI is InChI=1S/C11H8Cl2N2O2S/c12-7-1-3-10(9(13)5-7)14-6-8-2-4-11(18-8)15(16)17/h1-5,14H,6H2. The van der Waals surface area contributed by atoms with Crippen molar-refractivity contribution in [3.8, 4) is 0 Å². The summed E-state index contributed by atoms with van der Waals surface area (Å²) in [6.45, 7) is 0.486. The maximum Gasteiger partial charge on any atom is 0.324 e. The van der Waals surface area contributed by atoms with Crippen molar-refractivity contribution in [3.05, 3.63) is 55.4 Å². The van der Waals surface area contributed by atoms with Gasteiger partial charge in [-0.15, -0.1) is 0 Å². The predicted molar refractivity (Wildman–Crippen MR) is 74.8 cm³/mol. The van der Waals surface area contributed by atoms with Crippen LogP contribution in [-0.2, 0) is 6.54 Å². The molecule has 0 aliphatic rings. The van der Waals surface area contributed by atoms with E-state index < -0.39 is 4.92 Å². The zero-order valence-electron chi connectivity index (χ0n) is 9.02. The number of hydrogen-bond acceptors (Lipinski definition) is 4. The van der Waals surface area contributed by atoms with E-state index in [0.717, 1.165) is 21.9 Å². The quantitative estimate of drug-likeness (QED) is 0.664. The third-order valence-electron chi connectivity index (χ3n) is 2.21. The van der Waals surface area contributed by atoms with E-state index in [1.165, 1.54) is 6.07 Å². The number of hydrogen-bond donors (Lipinski definition) is 1. The van der Waals surface area contributed by atoms with Crippen LogP contribution in [0.3, 0.4) is 0 Å². The first-order chi connectivity index (χ1) is 8.56. The van der Waals surface area contributed by atoms with Crippen molar-refractivity contribution in [1.29, 1.82) is 0 Å². The number of thiophene rings is 1. The molecule has 0 radical (unpaired) electrons. The van der Waals surface area contributed by atoms with Crippen LogP contribution in [0.2, 0.25) is 10.0 Å². The van der Waals surface area contributed by atoms with Gasteiger partial charge in [-0.2, -0.15) is 0 Å². The van der Waals surface area contributed by atoms with Gasteiger partial charge in [0.2, 0.25) is 0 Å². The van der Waals surface area contributed by atoms with Gasteiger partial charge >= 0.3 is 5.00 Å². The van der Waals surface area contributed by atoms with Gasteiger partial charge in [0.05, 0.1) is 15.6 Å². The Balaban J connectivity index is 2.04. The van der Waals surface area contributed by atoms with Crippen molar-refractivity contribution < 1.29 is 4.92 Å². The summed E-state index contributed by atoms with van der Waals surface area (Å²) in [5.41, 5.74) is 0.747. The highest BCUT2D eigenvalue weighted by molar-refractivity contribution is 7.15. The summed E-state index contributed by atoms with van der Waals surface area (Å²) >= 11 is 12.9. The fourth-order valence-corrected chi connectivity index (χ4v) is 2.61. The zero-order valence-corrected chi connectivity index (χ0v) is 11.4. The summed E-state index contributed by atoms with van der Waals surface area (Å²) in [5.74, 6) is 0. The van der Waals surface area contributed by atoms with E-state index >= 15 is 0 Å². The van der Waals surface area contributed by atoms with Crippen molar-refractivity contribution in [1.82, 2.24) is 0 Å². The summed E-state index contributed by atoms with van der Waals surface area (Å²) in [5, 5.41) is 14.9. The number of nitrogens with zero attached hydrogens (tertiary/aromatic N) is 1. The van der Waals surface area contributed by atoms with Gasteiger partial charge in [0.1, 0.15) is 0 Å². The number of anilines is 1. The van der Waals surface area contributed by atoms with E-state index in [1.54, 1.807) is 24.3 Å². The van der Waals surface area contributed by atoms with Crippen LogP contribution in [0.5, 0.6) is 0 Å². The van der Waals surface area contributed by atoms with Crippen LogP contribution in [0, 0.1) is 10.1 Å². The fourth-order valence-electron chi connectivity index (χ4n) is 1.37. The highest BCUT2D eigenvalue weighted by Crippen LogP contribution is 2.28. The van der Waals surface area contributed by atoms with Crippen LogP contribution in [0.1, 0.15) is 4.88 Å². The molecular formula is C11H8Cl2N2O2S. The van der Waals surface area contributed by atoms with E-state index in [9.17, 15) is 10.1 Å². The lowest BCUT2D eigenvalue weighted by molar-refractivity contribution is -0.380. The number of halogens is 2. The molecule has 0 aliphatic heterocycles. The van der Waals surface area contributed by atoms with E-state index in [2.05, 4.69) is 5.32 Å². The van der Waals surface area contributed by atoms with Crippen LogP contribution in [0.15, 0.2) is 30.3 Å². The first-order valence-corrected chi connectivity index (χ1v) is 6.55. The average molecular weight is 303 g/mol.